The molecular weight excluding hydrogens is 308 g/mol. The maximum absolute atomic E-state index is 12.6. The zero-order valence-electron chi connectivity index (χ0n) is 13.6. The minimum Gasteiger partial charge on any atom is -0.491 e. The number of piperidine rings is 1. The van der Waals surface area contributed by atoms with E-state index in [-0.39, 0.29) is 5.91 Å². The van der Waals surface area contributed by atoms with E-state index in [1.807, 2.05) is 33.7 Å². The number of aromatic nitrogens is 3. The molecule has 0 saturated carbocycles. The summed E-state index contributed by atoms with van der Waals surface area (Å²) in [5.74, 6) is 2.15. The Labute approximate surface area is 139 Å². The molecule has 0 N–H and O–H groups in total. The Morgan fingerprint density at radius 2 is 1.96 bits per heavy atom. The average Bonchev–Trinajstić information content (AvgIpc) is 3.06. The normalized spacial score (nSPS) is 19.3. The number of fused-ring (bicyclic) bond motifs is 1. The summed E-state index contributed by atoms with van der Waals surface area (Å²) in [5, 5.41) is 8.57. The first-order chi connectivity index (χ1) is 11.7. The first kappa shape index (κ1) is 15.0. The topological polar surface area (TPSA) is 69.0 Å². The summed E-state index contributed by atoms with van der Waals surface area (Å²) in [6.07, 6.45) is 3.73. The quantitative estimate of drug-likeness (QED) is 0.839. The highest BCUT2D eigenvalue weighted by molar-refractivity contribution is 5.92. The molecule has 4 heterocycles. The Morgan fingerprint density at radius 1 is 1.17 bits per heavy atom. The molecule has 2 aliphatic heterocycles. The predicted octanol–water partition coefficient (Wildman–Crippen LogP) is 1.71. The van der Waals surface area contributed by atoms with E-state index in [0.717, 1.165) is 24.3 Å². The fourth-order valence-corrected chi connectivity index (χ4v) is 3.34. The van der Waals surface area contributed by atoms with Crippen molar-refractivity contribution in [2.24, 2.45) is 0 Å². The molecule has 7 nitrogen and oxygen atoms in total. The third-order valence-electron chi connectivity index (χ3n) is 4.65. The Morgan fingerprint density at radius 3 is 2.75 bits per heavy atom. The van der Waals surface area contributed by atoms with Crippen LogP contribution in [0.15, 0.2) is 35.9 Å². The van der Waals surface area contributed by atoms with E-state index >= 15 is 0 Å². The largest absolute Gasteiger partial charge is 0.491 e. The van der Waals surface area contributed by atoms with Crippen molar-refractivity contribution in [3.8, 4) is 0 Å². The summed E-state index contributed by atoms with van der Waals surface area (Å²) in [6.45, 7) is 4.09. The molecule has 0 spiro atoms. The zero-order valence-corrected chi connectivity index (χ0v) is 13.6. The maximum atomic E-state index is 12.6. The summed E-state index contributed by atoms with van der Waals surface area (Å²) in [4.78, 5) is 14.4. The molecule has 0 unspecified atom stereocenters. The van der Waals surface area contributed by atoms with Crippen LogP contribution in [0, 0.1) is 0 Å². The van der Waals surface area contributed by atoms with Crippen LogP contribution in [0.4, 0.5) is 0 Å². The van der Waals surface area contributed by atoms with E-state index in [2.05, 4.69) is 10.2 Å². The van der Waals surface area contributed by atoms with Gasteiger partial charge >= 0.3 is 0 Å². The Bertz CT molecular complexity index is 790. The van der Waals surface area contributed by atoms with Crippen molar-refractivity contribution in [2.75, 3.05) is 26.3 Å². The van der Waals surface area contributed by atoms with Gasteiger partial charge < -0.3 is 14.4 Å². The van der Waals surface area contributed by atoms with E-state index < -0.39 is 0 Å². The summed E-state index contributed by atoms with van der Waals surface area (Å²) >= 11 is 0. The van der Waals surface area contributed by atoms with Crippen LogP contribution >= 0.6 is 0 Å². The van der Waals surface area contributed by atoms with Crippen LogP contribution in [-0.4, -0.2) is 51.7 Å². The number of pyridine rings is 1. The smallest absolute Gasteiger partial charge is 0.292 e. The van der Waals surface area contributed by atoms with Gasteiger partial charge in [-0.3, -0.25) is 9.20 Å². The number of carbonyl (C=O) groups is 1. The third-order valence-corrected chi connectivity index (χ3v) is 4.65. The molecular formula is C17H20N4O3. The number of likely N-dealkylation sites (tertiary alicyclic amines) is 1. The van der Waals surface area contributed by atoms with Crippen LogP contribution in [0.2, 0.25) is 0 Å². The SMILES string of the molecule is CC1=C(C(=O)N2CCC(c3nnc4ccccn34)CC2)OCCO1. The minimum atomic E-state index is -0.0725. The van der Waals surface area contributed by atoms with Gasteiger partial charge in [0.15, 0.2) is 5.65 Å². The number of carbonyl (C=O) groups excluding carboxylic acids is 1. The molecule has 2 aromatic heterocycles. The number of allylic oxidation sites excluding steroid dienone is 1. The number of amides is 1. The van der Waals surface area contributed by atoms with Crippen LogP contribution in [0.25, 0.3) is 5.65 Å². The van der Waals surface area contributed by atoms with E-state index in [4.69, 9.17) is 9.47 Å². The molecule has 1 saturated heterocycles. The second-order valence-electron chi connectivity index (χ2n) is 6.14. The Hall–Kier alpha value is -2.57. The minimum absolute atomic E-state index is 0.0725. The average molecular weight is 328 g/mol. The maximum Gasteiger partial charge on any atom is 0.292 e. The molecule has 0 atom stereocenters. The molecule has 2 aliphatic rings. The van der Waals surface area contributed by atoms with Gasteiger partial charge in [0.05, 0.1) is 0 Å². The fraction of sp³-hybridized carbons (Fsp3) is 0.471. The third kappa shape index (κ3) is 2.60. The number of nitrogens with zero attached hydrogens (tertiary/aromatic N) is 4. The Kier molecular flexibility index (Phi) is 3.84. The number of hydrogen-bond donors (Lipinski definition) is 0. The van der Waals surface area contributed by atoms with E-state index in [0.29, 0.717) is 43.7 Å². The standard InChI is InChI=1S/C17H20N4O3/c1-12-15(24-11-10-23-12)17(22)20-8-5-13(6-9-20)16-19-18-14-4-2-3-7-21(14)16/h2-4,7,13H,5-6,8-11H2,1H3. The molecule has 2 aromatic rings. The van der Waals surface area contributed by atoms with Crippen LogP contribution in [-0.2, 0) is 14.3 Å². The first-order valence-corrected chi connectivity index (χ1v) is 8.29. The zero-order chi connectivity index (χ0) is 16.5. The number of ether oxygens (including phenoxy) is 2. The van der Waals surface area contributed by atoms with E-state index in [1.54, 1.807) is 6.92 Å². The van der Waals surface area contributed by atoms with Crippen molar-refractivity contribution in [3.05, 3.63) is 41.7 Å². The van der Waals surface area contributed by atoms with Gasteiger partial charge in [0.1, 0.15) is 24.8 Å². The summed E-state index contributed by atoms with van der Waals surface area (Å²) in [5.41, 5.74) is 0.861. The van der Waals surface area contributed by atoms with Crippen LogP contribution < -0.4 is 0 Å². The highest BCUT2D eigenvalue weighted by Crippen LogP contribution is 2.28. The van der Waals surface area contributed by atoms with Gasteiger partial charge in [-0.25, -0.2) is 0 Å². The fourth-order valence-electron chi connectivity index (χ4n) is 3.34. The molecule has 24 heavy (non-hydrogen) atoms. The van der Waals surface area contributed by atoms with Crippen molar-refractivity contribution in [3.63, 3.8) is 0 Å². The van der Waals surface area contributed by atoms with Gasteiger partial charge in [0.25, 0.3) is 5.91 Å². The van der Waals surface area contributed by atoms with Crippen molar-refractivity contribution in [1.82, 2.24) is 19.5 Å². The molecule has 7 heteroatoms. The highest BCUT2D eigenvalue weighted by atomic mass is 16.6. The predicted molar refractivity (Wildman–Crippen MR) is 86.1 cm³/mol. The van der Waals surface area contributed by atoms with Crippen LogP contribution in [0.3, 0.4) is 0 Å². The summed E-state index contributed by atoms with van der Waals surface area (Å²) in [7, 11) is 0. The summed E-state index contributed by atoms with van der Waals surface area (Å²) in [6, 6.07) is 5.89. The first-order valence-electron chi connectivity index (χ1n) is 8.29. The van der Waals surface area contributed by atoms with Gasteiger partial charge in [0.2, 0.25) is 5.76 Å². The number of hydrogen-bond acceptors (Lipinski definition) is 5. The van der Waals surface area contributed by atoms with Crippen LogP contribution in [0.5, 0.6) is 0 Å². The monoisotopic (exact) mass is 328 g/mol. The highest BCUT2D eigenvalue weighted by Gasteiger charge is 2.30. The molecule has 4 rings (SSSR count). The lowest BCUT2D eigenvalue weighted by Crippen LogP contribution is -2.40. The van der Waals surface area contributed by atoms with Gasteiger partial charge in [-0.15, -0.1) is 10.2 Å². The van der Waals surface area contributed by atoms with Gasteiger partial charge in [-0.2, -0.15) is 0 Å². The lowest BCUT2D eigenvalue weighted by atomic mass is 9.96. The van der Waals surface area contributed by atoms with E-state index in [1.165, 1.54) is 0 Å². The van der Waals surface area contributed by atoms with Crippen molar-refractivity contribution in [1.29, 1.82) is 0 Å². The molecule has 1 fully saturated rings. The Balaban J connectivity index is 1.46. The van der Waals surface area contributed by atoms with Crippen LogP contribution in [0.1, 0.15) is 31.5 Å². The molecule has 0 bridgehead atoms. The van der Waals surface area contributed by atoms with Crippen molar-refractivity contribution >= 4 is 11.6 Å². The number of rotatable bonds is 2. The van der Waals surface area contributed by atoms with E-state index in [9.17, 15) is 4.79 Å². The van der Waals surface area contributed by atoms with Gasteiger partial charge in [0, 0.05) is 25.2 Å². The van der Waals surface area contributed by atoms with Crippen molar-refractivity contribution < 1.29 is 14.3 Å². The molecule has 0 aliphatic carbocycles. The second kappa shape index (κ2) is 6.14. The molecule has 0 radical (unpaired) electrons. The van der Waals surface area contributed by atoms with Crippen molar-refractivity contribution in [2.45, 2.75) is 25.7 Å². The van der Waals surface area contributed by atoms with Gasteiger partial charge in [-0.05, 0) is 31.9 Å². The second-order valence-corrected chi connectivity index (χ2v) is 6.14. The van der Waals surface area contributed by atoms with Gasteiger partial charge in [-0.1, -0.05) is 6.07 Å². The molecule has 0 aromatic carbocycles. The molecule has 126 valence electrons. The molecule has 1 amide bonds. The summed E-state index contributed by atoms with van der Waals surface area (Å²) < 4.78 is 12.9. The lowest BCUT2D eigenvalue weighted by molar-refractivity contribution is -0.133. The lowest BCUT2D eigenvalue weighted by Gasteiger charge is -2.32.